The Morgan fingerprint density at radius 3 is 2.55 bits per heavy atom. The van der Waals surface area contributed by atoms with E-state index in [1.54, 1.807) is 0 Å². The number of halogens is 1. The first-order valence-corrected chi connectivity index (χ1v) is 5.02. The Morgan fingerprint density at radius 2 is 2.09 bits per heavy atom. The molecule has 0 aromatic carbocycles. The number of alkyl halides is 1. The van der Waals surface area contributed by atoms with Crippen molar-refractivity contribution in [3.05, 3.63) is 0 Å². The lowest BCUT2D eigenvalue weighted by Crippen LogP contribution is -2.36. The average molecular weight is 219 g/mol. The summed E-state index contributed by atoms with van der Waals surface area (Å²) in [7, 11) is 0. The van der Waals surface area contributed by atoms with E-state index in [0.29, 0.717) is 17.1 Å². The Morgan fingerprint density at radius 1 is 1.55 bits per heavy atom. The van der Waals surface area contributed by atoms with Gasteiger partial charge in [0, 0.05) is 6.42 Å². The van der Waals surface area contributed by atoms with E-state index >= 15 is 0 Å². The molecule has 64 valence electrons. The van der Waals surface area contributed by atoms with E-state index in [9.17, 15) is 4.79 Å². The molecule has 2 heteroatoms. The van der Waals surface area contributed by atoms with Gasteiger partial charge >= 0.3 is 0 Å². The van der Waals surface area contributed by atoms with Crippen LogP contribution in [0.1, 0.15) is 33.6 Å². The van der Waals surface area contributed by atoms with Gasteiger partial charge in [0.1, 0.15) is 5.78 Å². The summed E-state index contributed by atoms with van der Waals surface area (Å²) >= 11 is 3.41. The molecule has 1 aliphatic rings. The number of Topliss-reactive ketones (excluding diaryl/α,β-unsaturated/α-hetero) is 1. The number of rotatable bonds is 0. The third-order valence-electron chi connectivity index (χ3n) is 2.90. The van der Waals surface area contributed by atoms with Gasteiger partial charge in [0.15, 0.2) is 0 Å². The van der Waals surface area contributed by atoms with Gasteiger partial charge in [-0.1, -0.05) is 36.7 Å². The Balaban J connectivity index is 2.70. The van der Waals surface area contributed by atoms with Gasteiger partial charge in [-0.15, -0.1) is 0 Å². The second-order valence-corrected chi connectivity index (χ2v) is 5.34. The molecule has 0 bridgehead atoms. The van der Waals surface area contributed by atoms with Crippen LogP contribution in [0, 0.1) is 11.3 Å². The van der Waals surface area contributed by atoms with Gasteiger partial charge < -0.3 is 0 Å². The summed E-state index contributed by atoms with van der Waals surface area (Å²) < 4.78 is 0. The van der Waals surface area contributed by atoms with Crippen molar-refractivity contribution in [2.24, 2.45) is 11.3 Å². The Labute approximate surface area is 76.7 Å². The number of hydrogen-bond acceptors (Lipinski definition) is 1. The fourth-order valence-corrected chi connectivity index (χ4v) is 2.50. The summed E-state index contributed by atoms with van der Waals surface area (Å²) in [5.41, 5.74) is 0.322. The van der Waals surface area contributed by atoms with Crippen LogP contribution in [0.2, 0.25) is 0 Å². The molecule has 0 N–H and O–H groups in total. The number of carbonyl (C=O) groups excluding carboxylic acids is 1. The van der Waals surface area contributed by atoms with Crippen molar-refractivity contribution in [3.8, 4) is 0 Å². The van der Waals surface area contributed by atoms with Gasteiger partial charge in [0.25, 0.3) is 0 Å². The zero-order valence-electron chi connectivity index (χ0n) is 7.36. The van der Waals surface area contributed by atoms with E-state index < -0.39 is 0 Å². The van der Waals surface area contributed by atoms with Crippen LogP contribution in [-0.2, 0) is 4.79 Å². The molecule has 0 aliphatic heterocycles. The van der Waals surface area contributed by atoms with Gasteiger partial charge in [-0.05, 0) is 17.8 Å². The first-order valence-electron chi connectivity index (χ1n) is 4.10. The molecule has 1 rings (SSSR count). The molecule has 1 aliphatic carbocycles. The van der Waals surface area contributed by atoms with Crippen LogP contribution in [0.3, 0.4) is 0 Å². The van der Waals surface area contributed by atoms with E-state index in [4.69, 9.17) is 0 Å². The molecule has 0 saturated heterocycles. The molecule has 11 heavy (non-hydrogen) atoms. The summed E-state index contributed by atoms with van der Waals surface area (Å²) in [6.45, 7) is 6.63. The molecular weight excluding hydrogens is 204 g/mol. The van der Waals surface area contributed by atoms with Gasteiger partial charge in [0.2, 0.25) is 0 Å². The van der Waals surface area contributed by atoms with E-state index in [0.717, 1.165) is 12.8 Å². The minimum Gasteiger partial charge on any atom is -0.298 e. The van der Waals surface area contributed by atoms with Crippen LogP contribution in [0.15, 0.2) is 0 Å². The first-order chi connectivity index (χ1) is 4.93. The van der Waals surface area contributed by atoms with Crippen molar-refractivity contribution in [1.82, 2.24) is 0 Å². The second kappa shape index (κ2) is 2.89. The molecule has 0 unspecified atom stereocenters. The lowest BCUT2D eigenvalue weighted by molar-refractivity contribution is -0.123. The van der Waals surface area contributed by atoms with Gasteiger partial charge in [-0.3, -0.25) is 4.79 Å². The molecule has 1 nitrogen and oxygen atoms in total. The predicted molar refractivity (Wildman–Crippen MR) is 49.9 cm³/mol. The van der Waals surface area contributed by atoms with E-state index in [1.165, 1.54) is 0 Å². The highest BCUT2D eigenvalue weighted by atomic mass is 79.9. The fourth-order valence-electron chi connectivity index (χ4n) is 1.48. The molecule has 2 atom stereocenters. The largest absolute Gasteiger partial charge is 0.298 e. The molecular formula is C9H15BrO. The Hall–Kier alpha value is 0.150. The Bertz CT molecular complexity index is 174. The summed E-state index contributed by atoms with van der Waals surface area (Å²) in [5.74, 6) is 0.903. The van der Waals surface area contributed by atoms with E-state index in [2.05, 4.69) is 36.7 Å². The number of ketones is 1. The van der Waals surface area contributed by atoms with E-state index in [1.807, 2.05) is 0 Å². The van der Waals surface area contributed by atoms with Gasteiger partial charge in [-0.2, -0.15) is 0 Å². The highest BCUT2D eigenvalue weighted by Gasteiger charge is 2.37. The van der Waals surface area contributed by atoms with Crippen LogP contribution in [0.5, 0.6) is 0 Å². The Kier molecular flexibility index (Phi) is 2.43. The maximum absolute atomic E-state index is 11.2. The van der Waals surface area contributed by atoms with Crippen LogP contribution in [0.25, 0.3) is 0 Å². The molecule has 1 fully saturated rings. The van der Waals surface area contributed by atoms with Crippen molar-refractivity contribution in [3.63, 3.8) is 0 Å². The molecule has 0 aromatic rings. The van der Waals surface area contributed by atoms with Crippen molar-refractivity contribution in [2.75, 3.05) is 0 Å². The van der Waals surface area contributed by atoms with Gasteiger partial charge in [-0.25, -0.2) is 0 Å². The summed E-state index contributed by atoms with van der Waals surface area (Å²) in [4.78, 5) is 11.4. The van der Waals surface area contributed by atoms with Crippen molar-refractivity contribution in [2.45, 2.75) is 38.4 Å². The van der Waals surface area contributed by atoms with Crippen LogP contribution in [0.4, 0.5) is 0 Å². The maximum Gasteiger partial charge on any atom is 0.146 e. The SMILES string of the molecule is C[C@H]1CC(=O)[C@H](Br)CC1(C)C. The van der Waals surface area contributed by atoms with Crippen molar-refractivity contribution >= 4 is 21.7 Å². The quantitative estimate of drug-likeness (QED) is 0.572. The molecule has 0 amide bonds. The van der Waals surface area contributed by atoms with Crippen LogP contribution < -0.4 is 0 Å². The van der Waals surface area contributed by atoms with E-state index in [-0.39, 0.29) is 4.83 Å². The topological polar surface area (TPSA) is 17.1 Å². The third kappa shape index (κ3) is 1.84. The van der Waals surface area contributed by atoms with Crippen molar-refractivity contribution in [1.29, 1.82) is 0 Å². The second-order valence-electron chi connectivity index (χ2n) is 4.23. The lowest BCUT2D eigenvalue weighted by atomic mass is 9.69. The monoisotopic (exact) mass is 218 g/mol. The smallest absolute Gasteiger partial charge is 0.146 e. The highest BCUT2D eigenvalue weighted by Crippen LogP contribution is 2.40. The number of carbonyl (C=O) groups is 1. The number of hydrogen-bond donors (Lipinski definition) is 0. The molecule has 0 radical (unpaired) electrons. The molecule has 0 heterocycles. The lowest BCUT2D eigenvalue weighted by Gasteiger charge is -2.37. The standard InChI is InChI=1S/C9H15BrO/c1-6-4-8(11)7(10)5-9(6,2)3/h6-7H,4-5H2,1-3H3/t6-,7+/m0/s1. The highest BCUT2D eigenvalue weighted by molar-refractivity contribution is 9.10. The minimum absolute atomic E-state index is 0.105. The zero-order valence-corrected chi connectivity index (χ0v) is 8.94. The first kappa shape index (κ1) is 9.24. The fraction of sp³-hybridized carbons (Fsp3) is 0.889. The minimum atomic E-state index is 0.105. The van der Waals surface area contributed by atoms with Crippen molar-refractivity contribution < 1.29 is 4.79 Å². The predicted octanol–water partition coefficient (Wildman–Crippen LogP) is 2.78. The maximum atomic E-state index is 11.2. The summed E-state index contributed by atoms with van der Waals surface area (Å²) in [5, 5.41) is 0. The zero-order chi connectivity index (χ0) is 8.65. The third-order valence-corrected chi connectivity index (χ3v) is 3.73. The molecule has 1 saturated carbocycles. The summed E-state index contributed by atoms with van der Waals surface area (Å²) in [6, 6.07) is 0. The average Bonchev–Trinajstić information content (AvgIpc) is 1.83. The molecule has 0 aromatic heterocycles. The van der Waals surface area contributed by atoms with Gasteiger partial charge in [0.05, 0.1) is 4.83 Å². The normalized spacial score (nSPS) is 37.3. The molecule has 0 spiro atoms. The van der Waals surface area contributed by atoms with Crippen LogP contribution in [-0.4, -0.2) is 10.6 Å². The van der Waals surface area contributed by atoms with Crippen LogP contribution >= 0.6 is 15.9 Å². The summed E-state index contributed by atoms with van der Waals surface area (Å²) in [6.07, 6.45) is 1.72.